The van der Waals surface area contributed by atoms with Crippen LogP contribution in [0.15, 0.2) is 18.2 Å². The zero-order chi connectivity index (χ0) is 30.5. The molecule has 0 saturated heterocycles. The van der Waals surface area contributed by atoms with E-state index in [1.54, 1.807) is 6.92 Å². The molecular formula is C33H38N4O5. The van der Waals surface area contributed by atoms with Crippen molar-refractivity contribution in [2.75, 3.05) is 0 Å². The van der Waals surface area contributed by atoms with E-state index >= 15 is 0 Å². The molecule has 9 nitrogen and oxygen atoms in total. The number of aromatic amines is 2. The summed E-state index contributed by atoms with van der Waals surface area (Å²) in [5, 5.41) is 30.2. The highest BCUT2D eigenvalue weighted by Crippen LogP contribution is 2.42. The monoisotopic (exact) mass is 570 g/mol. The number of fused-ring (bicyclic) bond motifs is 8. The number of allylic oxidation sites excluding steroid dienone is 1. The lowest BCUT2D eigenvalue weighted by Crippen LogP contribution is -2.11. The lowest BCUT2D eigenvalue weighted by molar-refractivity contribution is -0.138. The van der Waals surface area contributed by atoms with E-state index in [4.69, 9.17) is 9.97 Å². The number of hydrogen-bond donors (Lipinski definition) is 5. The number of aliphatic carboxylic acids is 2. The van der Waals surface area contributed by atoms with Gasteiger partial charge in [0.15, 0.2) is 0 Å². The van der Waals surface area contributed by atoms with Gasteiger partial charge in [0, 0.05) is 57.1 Å². The first kappa shape index (κ1) is 29.3. The van der Waals surface area contributed by atoms with Crippen LogP contribution in [-0.4, -0.2) is 47.2 Å². The van der Waals surface area contributed by atoms with E-state index in [1.165, 1.54) is 0 Å². The highest BCUT2D eigenvalue weighted by atomic mass is 16.4. The molecule has 9 heteroatoms. The van der Waals surface area contributed by atoms with E-state index in [9.17, 15) is 24.9 Å². The van der Waals surface area contributed by atoms with Crippen molar-refractivity contribution in [2.45, 2.75) is 85.2 Å². The molecule has 42 heavy (non-hydrogen) atoms. The maximum absolute atomic E-state index is 12.1. The number of hydrogen-bond acceptors (Lipinski definition) is 5. The van der Waals surface area contributed by atoms with Crippen LogP contribution >= 0.6 is 0 Å². The topological polar surface area (TPSA) is 152 Å². The quantitative estimate of drug-likeness (QED) is 0.218. The molecule has 0 radical (unpaired) electrons. The first-order chi connectivity index (χ1) is 19.9. The summed E-state index contributed by atoms with van der Waals surface area (Å²) in [6.45, 7) is 11.8. The van der Waals surface area contributed by atoms with Crippen LogP contribution in [-0.2, 0) is 22.4 Å². The van der Waals surface area contributed by atoms with Gasteiger partial charge in [0.1, 0.15) is 0 Å². The molecule has 3 aromatic heterocycles. The van der Waals surface area contributed by atoms with Gasteiger partial charge in [0.25, 0.3) is 0 Å². The minimum atomic E-state index is -1.00. The summed E-state index contributed by atoms with van der Waals surface area (Å²) in [4.78, 5) is 40.7. The number of aryl methyl sites for hydroxylation is 3. The first-order valence-electron chi connectivity index (χ1n) is 14.5. The number of H-pyrrole nitrogens is 2. The minimum absolute atomic E-state index is 0.0605. The number of carboxylic acids is 2. The SMILES string of the molecule is CCc1c(C)c2cc3[nH]c(cc4nc(c(CC(=O)O)c5nc(cc1[nH]2)C(C)=C5)C(CCC(=O)O)C4C)c(C)c3C(C)O. The van der Waals surface area contributed by atoms with Crippen molar-refractivity contribution in [1.29, 1.82) is 0 Å². The highest BCUT2D eigenvalue weighted by Gasteiger charge is 2.33. The second kappa shape index (κ2) is 11.2. The van der Waals surface area contributed by atoms with Gasteiger partial charge < -0.3 is 25.3 Å². The molecule has 0 spiro atoms. The Bertz CT molecular complexity index is 1790. The van der Waals surface area contributed by atoms with Crippen LogP contribution in [0.25, 0.3) is 33.7 Å². The maximum atomic E-state index is 12.1. The first-order valence-corrected chi connectivity index (χ1v) is 14.5. The minimum Gasteiger partial charge on any atom is -0.481 e. The Balaban J connectivity index is 1.97. The van der Waals surface area contributed by atoms with Crippen molar-refractivity contribution in [1.82, 2.24) is 19.9 Å². The predicted octanol–water partition coefficient (Wildman–Crippen LogP) is 6.49. The van der Waals surface area contributed by atoms with Crippen molar-refractivity contribution < 1.29 is 24.9 Å². The van der Waals surface area contributed by atoms with Gasteiger partial charge in [-0.2, -0.15) is 0 Å². The number of carboxylic acid groups (broad SMARTS) is 2. The van der Waals surface area contributed by atoms with E-state index in [2.05, 4.69) is 23.8 Å². The molecule has 2 aliphatic heterocycles. The molecule has 3 atom stereocenters. The molecule has 3 aromatic rings. The maximum Gasteiger partial charge on any atom is 0.307 e. The lowest BCUT2D eigenvalue weighted by Gasteiger charge is -2.17. The Hall–Kier alpha value is -4.24. The van der Waals surface area contributed by atoms with E-state index < -0.39 is 18.0 Å². The van der Waals surface area contributed by atoms with Gasteiger partial charge in [-0.15, -0.1) is 0 Å². The average Bonchev–Trinajstić information content (AvgIpc) is 3.60. The fraction of sp³-hybridized carbons (Fsp3) is 0.394. The molecule has 8 bridgehead atoms. The third-order valence-electron chi connectivity index (χ3n) is 8.74. The summed E-state index contributed by atoms with van der Waals surface area (Å²) >= 11 is 0. The third-order valence-corrected chi connectivity index (χ3v) is 8.74. The molecule has 0 saturated carbocycles. The molecule has 0 fully saturated rings. The third kappa shape index (κ3) is 5.25. The summed E-state index contributed by atoms with van der Waals surface area (Å²) < 4.78 is 0. The summed E-state index contributed by atoms with van der Waals surface area (Å²) in [6, 6.07) is 5.98. The van der Waals surface area contributed by atoms with Crippen molar-refractivity contribution in [3.63, 3.8) is 0 Å². The lowest BCUT2D eigenvalue weighted by atomic mass is 9.85. The molecule has 5 heterocycles. The van der Waals surface area contributed by atoms with E-state index in [0.717, 1.165) is 67.7 Å². The van der Waals surface area contributed by atoms with Crippen molar-refractivity contribution in [3.05, 3.63) is 68.8 Å². The molecular weight excluding hydrogens is 532 g/mol. The molecule has 0 aromatic carbocycles. The van der Waals surface area contributed by atoms with Gasteiger partial charge in [-0.1, -0.05) is 13.8 Å². The van der Waals surface area contributed by atoms with E-state index in [-0.39, 0.29) is 24.7 Å². The van der Waals surface area contributed by atoms with Gasteiger partial charge in [0.05, 0.1) is 29.6 Å². The van der Waals surface area contributed by atoms with Gasteiger partial charge in [-0.05, 0) is 87.1 Å². The van der Waals surface area contributed by atoms with Crippen LogP contribution < -0.4 is 0 Å². The molecule has 0 aliphatic carbocycles. The van der Waals surface area contributed by atoms with Gasteiger partial charge in [-0.25, -0.2) is 4.98 Å². The molecule has 0 amide bonds. The number of aliphatic hydroxyl groups excluding tert-OH is 1. The standard InChI is InChI=1S/C33H38N4O5/c1-7-20-16(3)24-14-29-32(19(6)38)18(5)26(36-29)13-25-17(4)21(8-9-30(39)40)33(37-25)22(11-31(41)42)27-10-15(2)23(34-27)12-28(20)35-24/h10,12-14,17,19,21,35-36,38H,7-9,11H2,1-6H3,(H,39,40)(H,41,42). The number of nitrogens with zero attached hydrogens (tertiary/aromatic N) is 2. The summed E-state index contributed by atoms with van der Waals surface area (Å²) in [5.41, 5.74) is 11.4. The predicted molar refractivity (Wildman–Crippen MR) is 163 cm³/mol. The van der Waals surface area contributed by atoms with Gasteiger partial charge in [-0.3, -0.25) is 14.6 Å². The fourth-order valence-electron chi connectivity index (χ4n) is 6.46. The highest BCUT2D eigenvalue weighted by molar-refractivity contribution is 5.86. The van der Waals surface area contributed by atoms with Crippen LogP contribution in [0.2, 0.25) is 0 Å². The van der Waals surface area contributed by atoms with Crippen molar-refractivity contribution >= 4 is 45.7 Å². The van der Waals surface area contributed by atoms with Crippen LogP contribution in [0.5, 0.6) is 0 Å². The normalized spacial score (nSPS) is 17.3. The van der Waals surface area contributed by atoms with Crippen LogP contribution in [0.1, 0.15) is 109 Å². The molecule has 5 rings (SSSR count). The summed E-state index contributed by atoms with van der Waals surface area (Å²) in [7, 11) is 0. The van der Waals surface area contributed by atoms with Crippen LogP contribution in [0.4, 0.5) is 0 Å². The van der Waals surface area contributed by atoms with E-state index in [0.29, 0.717) is 23.4 Å². The zero-order valence-electron chi connectivity index (χ0n) is 24.9. The van der Waals surface area contributed by atoms with Crippen LogP contribution in [0.3, 0.4) is 0 Å². The Morgan fingerprint density at radius 2 is 1.62 bits per heavy atom. The second-order valence-corrected chi connectivity index (χ2v) is 11.5. The molecule has 2 aliphatic rings. The summed E-state index contributed by atoms with van der Waals surface area (Å²) in [6.07, 6.45) is 1.96. The zero-order valence-corrected chi connectivity index (χ0v) is 24.9. The Kier molecular flexibility index (Phi) is 7.81. The van der Waals surface area contributed by atoms with Gasteiger partial charge in [0.2, 0.25) is 0 Å². The number of aromatic nitrogens is 4. The molecule has 220 valence electrons. The molecule has 3 unspecified atom stereocenters. The number of aliphatic hydroxyl groups is 1. The number of carbonyl (C=O) groups is 2. The van der Waals surface area contributed by atoms with Crippen molar-refractivity contribution in [3.8, 4) is 0 Å². The Morgan fingerprint density at radius 3 is 2.26 bits per heavy atom. The smallest absolute Gasteiger partial charge is 0.307 e. The fourth-order valence-corrected chi connectivity index (χ4v) is 6.46. The second-order valence-electron chi connectivity index (χ2n) is 11.5. The Morgan fingerprint density at radius 1 is 0.929 bits per heavy atom. The van der Waals surface area contributed by atoms with Gasteiger partial charge >= 0.3 is 11.9 Å². The average molecular weight is 571 g/mol. The Labute approximate surface area is 244 Å². The van der Waals surface area contributed by atoms with Crippen molar-refractivity contribution in [2.24, 2.45) is 0 Å². The largest absolute Gasteiger partial charge is 0.481 e. The summed E-state index contributed by atoms with van der Waals surface area (Å²) in [5.74, 6) is -2.37. The molecule has 5 N–H and O–H groups in total. The van der Waals surface area contributed by atoms with Crippen LogP contribution in [0, 0.1) is 13.8 Å². The number of nitrogens with one attached hydrogen (secondary N) is 2. The number of rotatable bonds is 7. The van der Waals surface area contributed by atoms with E-state index in [1.807, 2.05) is 45.0 Å².